The average Bonchev–Trinajstić information content (AvgIpc) is 3.19. The highest BCUT2D eigenvalue weighted by molar-refractivity contribution is 6.30. The number of carbonyl (C=O) groups excluding carboxylic acids is 1. The molecule has 1 N–H and O–H groups in total. The molecule has 2 aliphatic rings. The minimum absolute atomic E-state index is 0.127. The summed E-state index contributed by atoms with van der Waals surface area (Å²) in [5.74, 6) is 0.806. The first-order valence-electron chi connectivity index (χ1n) is 7.94. The number of halogens is 1. The van der Waals surface area contributed by atoms with E-state index in [4.69, 9.17) is 20.9 Å². The van der Waals surface area contributed by atoms with E-state index in [0.29, 0.717) is 29.8 Å². The summed E-state index contributed by atoms with van der Waals surface area (Å²) in [5, 5.41) is 7.35. The predicted octanol–water partition coefficient (Wildman–Crippen LogP) is 2.46. The molecule has 2 aliphatic heterocycles. The van der Waals surface area contributed by atoms with Gasteiger partial charge in [0, 0.05) is 23.7 Å². The van der Waals surface area contributed by atoms with Crippen LogP contribution in [0, 0.1) is 0 Å². The van der Waals surface area contributed by atoms with Gasteiger partial charge in [0.05, 0.1) is 18.8 Å². The Bertz CT molecular complexity index is 738. The zero-order valence-corrected chi connectivity index (χ0v) is 13.7. The number of urea groups is 1. The first-order valence-corrected chi connectivity index (χ1v) is 8.32. The molecule has 1 aromatic carbocycles. The maximum Gasteiger partial charge on any atom is 0.318 e. The SMILES string of the molecule is O=C(NCc1nc(-c2cccc(Cl)c2)no1)N1CC2CCC(C1)O2. The van der Waals surface area contributed by atoms with Crippen LogP contribution in [0.15, 0.2) is 28.8 Å². The van der Waals surface area contributed by atoms with Crippen molar-refractivity contribution in [3.8, 4) is 11.4 Å². The summed E-state index contributed by atoms with van der Waals surface area (Å²) < 4.78 is 10.9. The topological polar surface area (TPSA) is 80.5 Å². The van der Waals surface area contributed by atoms with E-state index in [-0.39, 0.29) is 24.8 Å². The van der Waals surface area contributed by atoms with Crippen LogP contribution in [0.2, 0.25) is 5.02 Å². The molecule has 2 atom stereocenters. The Labute approximate surface area is 143 Å². The van der Waals surface area contributed by atoms with Crippen molar-refractivity contribution in [2.24, 2.45) is 0 Å². The van der Waals surface area contributed by atoms with E-state index in [0.717, 1.165) is 18.4 Å². The first-order chi connectivity index (χ1) is 11.7. The maximum atomic E-state index is 12.3. The molecule has 2 amide bonds. The van der Waals surface area contributed by atoms with Gasteiger partial charge in [0.25, 0.3) is 0 Å². The number of fused-ring (bicyclic) bond motifs is 2. The monoisotopic (exact) mass is 348 g/mol. The number of carbonyl (C=O) groups is 1. The third-order valence-electron chi connectivity index (χ3n) is 4.27. The van der Waals surface area contributed by atoms with Gasteiger partial charge in [0.2, 0.25) is 11.7 Å². The quantitative estimate of drug-likeness (QED) is 0.921. The number of benzene rings is 1. The molecule has 0 aliphatic carbocycles. The Morgan fingerprint density at radius 3 is 2.88 bits per heavy atom. The molecule has 2 saturated heterocycles. The Morgan fingerprint density at radius 2 is 2.12 bits per heavy atom. The lowest BCUT2D eigenvalue weighted by atomic mass is 10.2. The van der Waals surface area contributed by atoms with Gasteiger partial charge in [-0.25, -0.2) is 4.79 Å². The normalized spacial score (nSPS) is 22.6. The fourth-order valence-electron chi connectivity index (χ4n) is 3.12. The number of morpholine rings is 1. The number of hydrogen-bond acceptors (Lipinski definition) is 5. The largest absolute Gasteiger partial charge is 0.371 e. The Kier molecular flexibility index (Phi) is 4.12. The second-order valence-corrected chi connectivity index (χ2v) is 6.48. The Balaban J connectivity index is 1.35. The summed E-state index contributed by atoms with van der Waals surface area (Å²) in [5.41, 5.74) is 0.772. The third kappa shape index (κ3) is 3.22. The van der Waals surface area contributed by atoms with Crippen LogP contribution < -0.4 is 5.32 Å². The number of likely N-dealkylation sites (tertiary alicyclic amines) is 1. The number of ether oxygens (including phenoxy) is 1. The molecule has 7 nitrogen and oxygen atoms in total. The molecule has 4 rings (SSSR count). The van der Waals surface area contributed by atoms with E-state index in [1.54, 1.807) is 17.0 Å². The van der Waals surface area contributed by atoms with Gasteiger partial charge in [0.15, 0.2) is 0 Å². The van der Waals surface area contributed by atoms with Crippen LogP contribution in [0.5, 0.6) is 0 Å². The molecule has 2 bridgehead atoms. The molecular formula is C16H17ClN4O3. The zero-order valence-electron chi connectivity index (χ0n) is 12.9. The Hall–Kier alpha value is -2.12. The Morgan fingerprint density at radius 1 is 1.33 bits per heavy atom. The molecule has 24 heavy (non-hydrogen) atoms. The lowest BCUT2D eigenvalue weighted by Gasteiger charge is -2.31. The molecule has 8 heteroatoms. The molecule has 0 spiro atoms. The summed E-state index contributed by atoms with van der Waals surface area (Å²) in [4.78, 5) is 18.3. The van der Waals surface area contributed by atoms with Crippen molar-refractivity contribution in [1.82, 2.24) is 20.4 Å². The number of hydrogen-bond donors (Lipinski definition) is 1. The molecule has 1 aromatic heterocycles. The van der Waals surface area contributed by atoms with Crippen LogP contribution in [-0.4, -0.2) is 46.4 Å². The van der Waals surface area contributed by atoms with E-state index in [1.165, 1.54) is 0 Å². The molecular weight excluding hydrogens is 332 g/mol. The van der Waals surface area contributed by atoms with Gasteiger partial charge in [-0.15, -0.1) is 0 Å². The minimum atomic E-state index is -0.127. The van der Waals surface area contributed by atoms with E-state index in [2.05, 4.69) is 15.5 Å². The van der Waals surface area contributed by atoms with Crippen LogP contribution in [0.25, 0.3) is 11.4 Å². The zero-order chi connectivity index (χ0) is 16.5. The van der Waals surface area contributed by atoms with Crippen molar-refractivity contribution >= 4 is 17.6 Å². The molecule has 2 unspecified atom stereocenters. The van der Waals surface area contributed by atoms with Gasteiger partial charge in [0.1, 0.15) is 0 Å². The van der Waals surface area contributed by atoms with Crippen LogP contribution in [0.1, 0.15) is 18.7 Å². The van der Waals surface area contributed by atoms with Gasteiger partial charge in [-0.3, -0.25) is 0 Å². The van der Waals surface area contributed by atoms with Crippen molar-refractivity contribution in [1.29, 1.82) is 0 Å². The molecule has 0 saturated carbocycles. The first kappa shape index (κ1) is 15.4. The third-order valence-corrected chi connectivity index (χ3v) is 4.51. The molecule has 2 fully saturated rings. The number of nitrogens with zero attached hydrogens (tertiary/aromatic N) is 3. The molecule has 126 valence electrons. The maximum absolute atomic E-state index is 12.3. The van der Waals surface area contributed by atoms with E-state index < -0.39 is 0 Å². The van der Waals surface area contributed by atoms with Gasteiger partial charge >= 0.3 is 6.03 Å². The highest BCUT2D eigenvalue weighted by Gasteiger charge is 2.35. The van der Waals surface area contributed by atoms with Gasteiger partial charge in [-0.1, -0.05) is 28.9 Å². The standard InChI is InChI=1S/C16H17ClN4O3/c17-11-3-1-2-10(6-11)15-19-14(24-20-15)7-18-16(22)21-8-12-4-5-13(9-21)23-12/h1-3,6,12-13H,4-5,7-9H2,(H,18,22). The summed E-state index contributed by atoms with van der Waals surface area (Å²) in [6.45, 7) is 1.47. The van der Waals surface area contributed by atoms with Crippen LogP contribution >= 0.6 is 11.6 Å². The highest BCUT2D eigenvalue weighted by Crippen LogP contribution is 2.26. The smallest absolute Gasteiger partial charge is 0.318 e. The summed E-state index contributed by atoms with van der Waals surface area (Å²) in [6.07, 6.45) is 2.40. The number of rotatable bonds is 3. The van der Waals surface area contributed by atoms with Crippen molar-refractivity contribution in [2.75, 3.05) is 13.1 Å². The van der Waals surface area contributed by atoms with Crippen LogP contribution in [0.3, 0.4) is 0 Å². The minimum Gasteiger partial charge on any atom is -0.371 e. The van der Waals surface area contributed by atoms with E-state index in [9.17, 15) is 4.79 Å². The number of nitrogens with one attached hydrogen (secondary N) is 1. The van der Waals surface area contributed by atoms with E-state index in [1.807, 2.05) is 12.1 Å². The van der Waals surface area contributed by atoms with Crippen LogP contribution in [0.4, 0.5) is 4.79 Å². The fourth-order valence-corrected chi connectivity index (χ4v) is 3.31. The summed E-state index contributed by atoms with van der Waals surface area (Å²) in [6, 6.07) is 7.09. The number of amides is 2. The van der Waals surface area contributed by atoms with Gasteiger partial charge in [-0.2, -0.15) is 4.98 Å². The average molecular weight is 349 g/mol. The molecule has 2 aromatic rings. The second-order valence-electron chi connectivity index (χ2n) is 6.04. The summed E-state index contributed by atoms with van der Waals surface area (Å²) in [7, 11) is 0. The van der Waals surface area contributed by atoms with Crippen molar-refractivity contribution < 1.29 is 14.1 Å². The predicted molar refractivity (Wildman–Crippen MR) is 86.4 cm³/mol. The van der Waals surface area contributed by atoms with E-state index >= 15 is 0 Å². The molecule has 0 radical (unpaired) electrons. The fraction of sp³-hybridized carbons (Fsp3) is 0.438. The summed E-state index contributed by atoms with van der Waals surface area (Å²) >= 11 is 5.96. The van der Waals surface area contributed by atoms with Gasteiger partial charge < -0.3 is 19.5 Å². The van der Waals surface area contributed by atoms with Crippen LogP contribution in [-0.2, 0) is 11.3 Å². The van der Waals surface area contributed by atoms with Crippen molar-refractivity contribution in [3.63, 3.8) is 0 Å². The lowest BCUT2D eigenvalue weighted by molar-refractivity contribution is -0.0239. The number of aromatic nitrogens is 2. The van der Waals surface area contributed by atoms with Crippen molar-refractivity contribution in [2.45, 2.75) is 31.6 Å². The second kappa shape index (κ2) is 6.41. The van der Waals surface area contributed by atoms with Gasteiger partial charge in [-0.05, 0) is 25.0 Å². The van der Waals surface area contributed by atoms with Crippen molar-refractivity contribution in [3.05, 3.63) is 35.2 Å². The highest BCUT2D eigenvalue weighted by atomic mass is 35.5. The lowest BCUT2D eigenvalue weighted by Crippen LogP contribution is -2.49. The molecule has 3 heterocycles.